The summed E-state index contributed by atoms with van der Waals surface area (Å²) in [5, 5.41) is 2.88. The third-order valence-corrected chi connectivity index (χ3v) is 11.5. The van der Waals surface area contributed by atoms with Crippen LogP contribution in [0, 0.1) is 12.8 Å². The first-order chi connectivity index (χ1) is 21.6. The summed E-state index contributed by atoms with van der Waals surface area (Å²) in [7, 11) is -2.47. The monoisotopic (exact) mass is 714 g/mol. The van der Waals surface area contributed by atoms with Crippen molar-refractivity contribution in [2.24, 2.45) is 5.92 Å². The molecule has 0 heterocycles. The lowest BCUT2D eigenvalue weighted by atomic mass is 9.87. The minimum atomic E-state index is -3.79. The number of halogens is 1. The standard InChI is InChI=1S/C35H43BrN2O5S2/c1-25-9-7-8-12-30(25)32-23-27(13-18-31(32)34(39)37-33(20-22-44-3)35(40)43-2)24-38(21-19-26-10-5-4-6-11-26)45(41,42)29-16-14-28(36)15-17-29/h7-9,12-18,23,26,33H,4-6,10-11,19-22,24H2,1-3H3,(H,37,39). The predicted octanol–water partition coefficient (Wildman–Crippen LogP) is 7.61. The van der Waals surface area contributed by atoms with Gasteiger partial charge in [-0.1, -0.05) is 78.4 Å². The van der Waals surface area contributed by atoms with E-state index < -0.39 is 22.0 Å². The van der Waals surface area contributed by atoms with Crippen LogP contribution >= 0.6 is 27.7 Å². The average molecular weight is 716 g/mol. The van der Waals surface area contributed by atoms with Crippen molar-refractivity contribution >= 4 is 49.6 Å². The summed E-state index contributed by atoms with van der Waals surface area (Å²) in [6.07, 6.45) is 9.11. The molecule has 0 spiro atoms. The number of nitrogens with zero attached hydrogens (tertiary/aromatic N) is 1. The maximum absolute atomic E-state index is 14.0. The molecule has 45 heavy (non-hydrogen) atoms. The molecule has 3 aromatic rings. The highest BCUT2D eigenvalue weighted by molar-refractivity contribution is 9.10. The molecule has 242 valence electrons. The Labute approximate surface area is 280 Å². The molecule has 3 aromatic carbocycles. The third-order valence-electron chi connectivity index (χ3n) is 8.49. The Morgan fingerprint density at radius 1 is 1.02 bits per heavy atom. The highest BCUT2D eigenvalue weighted by Gasteiger charge is 2.28. The summed E-state index contributed by atoms with van der Waals surface area (Å²) < 4.78 is 35.4. The van der Waals surface area contributed by atoms with Crippen LogP contribution in [0.4, 0.5) is 0 Å². The second-order valence-corrected chi connectivity index (χ2v) is 15.4. The molecule has 1 aliphatic rings. The largest absolute Gasteiger partial charge is 0.467 e. The first-order valence-corrected chi connectivity index (χ1v) is 19.1. The van der Waals surface area contributed by atoms with E-state index in [1.807, 2.05) is 49.6 Å². The van der Waals surface area contributed by atoms with Crippen LogP contribution in [0.25, 0.3) is 11.1 Å². The second-order valence-electron chi connectivity index (χ2n) is 11.6. The van der Waals surface area contributed by atoms with Crippen molar-refractivity contribution < 1.29 is 22.7 Å². The number of aryl methyl sites for hydroxylation is 1. The number of benzene rings is 3. The molecule has 0 aliphatic heterocycles. The summed E-state index contributed by atoms with van der Waals surface area (Å²) in [4.78, 5) is 26.4. The summed E-state index contributed by atoms with van der Waals surface area (Å²) in [5.74, 6) is 0.336. The topological polar surface area (TPSA) is 92.8 Å². The Bertz CT molecular complexity index is 1560. The van der Waals surface area contributed by atoms with Gasteiger partial charge in [0, 0.05) is 23.1 Å². The van der Waals surface area contributed by atoms with Gasteiger partial charge in [-0.05, 0) is 96.3 Å². The van der Waals surface area contributed by atoms with Gasteiger partial charge in [-0.25, -0.2) is 13.2 Å². The van der Waals surface area contributed by atoms with E-state index >= 15 is 0 Å². The van der Waals surface area contributed by atoms with Crippen LogP contribution in [0.3, 0.4) is 0 Å². The number of methoxy groups -OCH3 is 1. The zero-order valence-corrected chi connectivity index (χ0v) is 29.5. The number of thioether (sulfide) groups is 1. The number of esters is 1. The van der Waals surface area contributed by atoms with Crippen LogP contribution in [0.5, 0.6) is 0 Å². The van der Waals surface area contributed by atoms with Crippen molar-refractivity contribution in [3.05, 3.63) is 87.9 Å². The molecule has 1 amide bonds. The van der Waals surface area contributed by atoms with Crippen molar-refractivity contribution in [3.63, 3.8) is 0 Å². The van der Waals surface area contributed by atoms with Crippen LogP contribution < -0.4 is 5.32 Å². The van der Waals surface area contributed by atoms with Gasteiger partial charge in [-0.15, -0.1) is 0 Å². The lowest BCUT2D eigenvalue weighted by Crippen LogP contribution is -2.42. The molecular formula is C35H43BrN2O5S2. The number of hydrogen-bond donors (Lipinski definition) is 1. The maximum atomic E-state index is 14.0. The van der Waals surface area contributed by atoms with E-state index in [2.05, 4.69) is 21.2 Å². The van der Waals surface area contributed by atoms with Gasteiger partial charge in [-0.2, -0.15) is 16.1 Å². The fourth-order valence-corrected chi connectivity index (χ4v) is 8.07. The minimum absolute atomic E-state index is 0.171. The van der Waals surface area contributed by atoms with Gasteiger partial charge in [0.1, 0.15) is 6.04 Å². The number of hydrogen-bond acceptors (Lipinski definition) is 6. The number of amides is 1. The Kier molecular flexibility index (Phi) is 13.1. The van der Waals surface area contributed by atoms with Gasteiger partial charge in [0.2, 0.25) is 10.0 Å². The number of carbonyl (C=O) groups is 2. The molecule has 4 rings (SSSR count). The molecule has 0 saturated heterocycles. The number of ether oxygens (including phenoxy) is 1. The van der Waals surface area contributed by atoms with E-state index in [4.69, 9.17) is 4.74 Å². The van der Waals surface area contributed by atoms with Gasteiger partial charge in [0.25, 0.3) is 5.91 Å². The van der Waals surface area contributed by atoms with Gasteiger partial charge in [0.15, 0.2) is 0 Å². The quantitative estimate of drug-likeness (QED) is 0.173. The van der Waals surface area contributed by atoms with E-state index in [0.717, 1.165) is 40.4 Å². The molecule has 0 radical (unpaired) electrons. The van der Waals surface area contributed by atoms with Crippen molar-refractivity contribution in [3.8, 4) is 11.1 Å². The maximum Gasteiger partial charge on any atom is 0.328 e. The Morgan fingerprint density at radius 3 is 2.40 bits per heavy atom. The summed E-state index contributed by atoms with van der Waals surface area (Å²) in [6.45, 7) is 2.57. The molecule has 10 heteroatoms. The molecule has 1 N–H and O–H groups in total. The predicted molar refractivity (Wildman–Crippen MR) is 186 cm³/mol. The summed E-state index contributed by atoms with van der Waals surface area (Å²) in [6, 6.07) is 19.2. The molecule has 1 atom stereocenters. The fraction of sp³-hybridized carbons (Fsp3) is 0.429. The molecule has 7 nitrogen and oxygen atoms in total. The minimum Gasteiger partial charge on any atom is -0.467 e. The van der Waals surface area contributed by atoms with Crippen LogP contribution in [0.2, 0.25) is 0 Å². The fourth-order valence-electron chi connectivity index (χ4n) is 5.89. The normalized spacial score (nSPS) is 14.7. The van der Waals surface area contributed by atoms with Gasteiger partial charge < -0.3 is 10.1 Å². The first kappa shape index (κ1) is 35.2. The van der Waals surface area contributed by atoms with Crippen molar-refractivity contribution in [2.75, 3.05) is 25.7 Å². The number of rotatable bonds is 14. The third kappa shape index (κ3) is 9.44. The number of carbonyl (C=O) groups excluding carboxylic acids is 2. The molecule has 0 bridgehead atoms. The van der Waals surface area contributed by atoms with Crippen molar-refractivity contribution in [1.29, 1.82) is 0 Å². The van der Waals surface area contributed by atoms with E-state index in [1.165, 1.54) is 26.4 Å². The van der Waals surface area contributed by atoms with Gasteiger partial charge in [0.05, 0.1) is 12.0 Å². The number of sulfonamides is 1. The van der Waals surface area contributed by atoms with E-state index in [9.17, 15) is 18.0 Å². The highest BCUT2D eigenvalue weighted by atomic mass is 79.9. The van der Waals surface area contributed by atoms with Crippen molar-refractivity contribution in [2.45, 2.75) is 69.4 Å². The van der Waals surface area contributed by atoms with Crippen LogP contribution in [-0.2, 0) is 26.1 Å². The smallest absolute Gasteiger partial charge is 0.328 e. The van der Waals surface area contributed by atoms with E-state index in [1.54, 1.807) is 46.4 Å². The van der Waals surface area contributed by atoms with Gasteiger partial charge >= 0.3 is 5.97 Å². The second kappa shape index (κ2) is 16.8. The molecule has 1 saturated carbocycles. The first-order valence-electron chi connectivity index (χ1n) is 15.5. The molecule has 0 aromatic heterocycles. The van der Waals surface area contributed by atoms with E-state index in [0.29, 0.717) is 35.8 Å². The lowest BCUT2D eigenvalue weighted by Gasteiger charge is -2.27. The molecule has 1 fully saturated rings. The Balaban J connectivity index is 1.70. The van der Waals surface area contributed by atoms with Gasteiger partial charge in [-0.3, -0.25) is 4.79 Å². The average Bonchev–Trinajstić information content (AvgIpc) is 3.05. The van der Waals surface area contributed by atoms with E-state index in [-0.39, 0.29) is 17.3 Å². The summed E-state index contributed by atoms with van der Waals surface area (Å²) >= 11 is 5.00. The van der Waals surface area contributed by atoms with Crippen LogP contribution in [0.15, 0.2) is 76.1 Å². The highest BCUT2D eigenvalue weighted by Crippen LogP contribution is 2.31. The lowest BCUT2D eigenvalue weighted by molar-refractivity contribution is -0.142. The number of nitrogens with one attached hydrogen (secondary N) is 1. The van der Waals surface area contributed by atoms with Crippen LogP contribution in [-0.4, -0.2) is 56.3 Å². The molecule has 1 unspecified atom stereocenters. The Hall–Kier alpha value is -2.66. The molecule has 1 aliphatic carbocycles. The molecular weight excluding hydrogens is 672 g/mol. The Morgan fingerprint density at radius 2 is 1.73 bits per heavy atom. The zero-order chi connectivity index (χ0) is 32.4. The van der Waals surface area contributed by atoms with Crippen LogP contribution in [0.1, 0.15) is 66.4 Å². The van der Waals surface area contributed by atoms with Crippen molar-refractivity contribution in [1.82, 2.24) is 9.62 Å². The summed E-state index contributed by atoms with van der Waals surface area (Å²) in [5.41, 5.74) is 3.72. The SMILES string of the molecule is COC(=O)C(CCSC)NC(=O)c1ccc(CN(CCC2CCCCC2)S(=O)(=O)c2ccc(Br)cc2)cc1-c1ccccc1C. The zero-order valence-electron chi connectivity index (χ0n) is 26.3.